The normalized spacial score (nSPS) is 11.9. The van der Waals surface area contributed by atoms with Gasteiger partial charge in [-0.25, -0.2) is 0 Å². The van der Waals surface area contributed by atoms with Crippen LogP contribution < -0.4 is 15.8 Å². The van der Waals surface area contributed by atoms with E-state index in [0.29, 0.717) is 6.42 Å². The van der Waals surface area contributed by atoms with Crippen molar-refractivity contribution in [1.29, 1.82) is 0 Å². The summed E-state index contributed by atoms with van der Waals surface area (Å²) < 4.78 is 5.14. The van der Waals surface area contributed by atoms with Gasteiger partial charge in [0.15, 0.2) is 0 Å². The monoisotopic (exact) mass is 222 g/mol. The van der Waals surface area contributed by atoms with Crippen molar-refractivity contribution in [2.45, 2.75) is 18.9 Å². The molecule has 0 bridgehead atoms. The molecule has 0 amide bonds. The highest BCUT2D eigenvalue weighted by atomic mass is 16.5. The Morgan fingerprint density at radius 1 is 1.56 bits per heavy atom. The molecule has 4 nitrogen and oxygen atoms in total. The molecule has 88 valence electrons. The molecule has 0 spiro atoms. The summed E-state index contributed by atoms with van der Waals surface area (Å²) in [5, 5.41) is 3.10. The zero-order valence-electron chi connectivity index (χ0n) is 9.69. The molecule has 0 saturated carbocycles. The van der Waals surface area contributed by atoms with Gasteiger partial charge in [0, 0.05) is 18.8 Å². The van der Waals surface area contributed by atoms with E-state index < -0.39 is 0 Å². The second kappa shape index (κ2) is 6.12. The first-order chi connectivity index (χ1) is 7.71. The van der Waals surface area contributed by atoms with Gasteiger partial charge in [0.1, 0.15) is 12.0 Å². The van der Waals surface area contributed by atoms with E-state index in [2.05, 4.69) is 5.32 Å². The summed E-state index contributed by atoms with van der Waals surface area (Å²) in [5.74, 6) is 0.813. The quantitative estimate of drug-likeness (QED) is 0.710. The molecule has 1 aromatic carbocycles. The number of aryl methyl sites for hydroxylation is 1. The highest BCUT2D eigenvalue weighted by Gasteiger charge is 2.06. The number of aldehydes is 1. The third-order valence-electron chi connectivity index (χ3n) is 2.51. The second-order valence-electron chi connectivity index (χ2n) is 3.61. The second-order valence-corrected chi connectivity index (χ2v) is 3.61. The van der Waals surface area contributed by atoms with Crippen molar-refractivity contribution in [3.05, 3.63) is 23.8 Å². The summed E-state index contributed by atoms with van der Waals surface area (Å²) in [6.07, 6.45) is 2.22. The van der Waals surface area contributed by atoms with Crippen LogP contribution in [0.2, 0.25) is 0 Å². The van der Waals surface area contributed by atoms with Crippen molar-refractivity contribution < 1.29 is 9.53 Å². The van der Waals surface area contributed by atoms with E-state index in [0.717, 1.165) is 29.7 Å². The molecule has 0 saturated heterocycles. The molecule has 0 aliphatic rings. The van der Waals surface area contributed by atoms with E-state index in [1.807, 2.05) is 25.2 Å². The van der Waals surface area contributed by atoms with Crippen molar-refractivity contribution in [3.63, 3.8) is 0 Å². The summed E-state index contributed by atoms with van der Waals surface area (Å²) in [4.78, 5) is 10.4. The average molecular weight is 222 g/mol. The maximum absolute atomic E-state index is 10.4. The minimum atomic E-state index is -0.383. The maximum atomic E-state index is 10.4. The number of carbonyl (C=O) groups excluding carboxylic acids is 1. The van der Waals surface area contributed by atoms with Crippen LogP contribution in [-0.2, 0) is 11.2 Å². The van der Waals surface area contributed by atoms with Gasteiger partial charge >= 0.3 is 0 Å². The SMILES string of the molecule is CNc1cc(OC)ccc1CCC(N)C=O. The van der Waals surface area contributed by atoms with Crippen molar-refractivity contribution in [2.75, 3.05) is 19.5 Å². The Kier molecular flexibility index (Phi) is 4.79. The van der Waals surface area contributed by atoms with E-state index in [9.17, 15) is 4.79 Å². The van der Waals surface area contributed by atoms with Crippen LogP contribution in [0.4, 0.5) is 5.69 Å². The molecule has 16 heavy (non-hydrogen) atoms. The molecular formula is C12H18N2O2. The highest BCUT2D eigenvalue weighted by molar-refractivity contribution is 5.58. The zero-order valence-corrected chi connectivity index (χ0v) is 9.69. The number of nitrogens with two attached hydrogens (primary N) is 1. The van der Waals surface area contributed by atoms with E-state index in [-0.39, 0.29) is 6.04 Å². The Bertz CT molecular complexity index is 353. The summed E-state index contributed by atoms with van der Waals surface area (Å²) in [5.41, 5.74) is 7.71. The van der Waals surface area contributed by atoms with Gasteiger partial charge in [-0.3, -0.25) is 0 Å². The lowest BCUT2D eigenvalue weighted by Gasteiger charge is -2.11. The van der Waals surface area contributed by atoms with Crippen LogP contribution in [-0.4, -0.2) is 26.5 Å². The maximum Gasteiger partial charge on any atom is 0.136 e. The fourth-order valence-corrected chi connectivity index (χ4v) is 1.52. The van der Waals surface area contributed by atoms with E-state index >= 15 is 0 Å². The molecular weight excluding hydrogens is 204 g/mol. The summed E-state index contributed by atoms with van der Waals surface area (Å²) in [6, 6.07) is 5.44. The van der Waals surface area contributed by atoms with Crippen molar-refractivity contribution in [1.82, 2.24) is 0 Å². The Hall–Kier alpha value is -1.55. The number of methoxy groups -OCH3 is 1. The van der Waals surface area contributed by atoms with Gasteiger partial charge in [0.05, 0.1) is 13.2 Å². The van der Waals surface area contributed by atoms with Gasteiger partial charge in [-0.2, -0.15) is 0 Å². The standard InChI is InChI=1S/C12H18N2O2/c1-14-12-7-11(16-2)6-4-9(12)3-5-10(13)8-15/h4,6-8,10,14H,3,5,13H2,1-2H3. The molecule has 0 aromatic heterocycles. The Morgan fingerprint density at radius 3 is 2.88 bits per heavy atom. The van der Waals surface area contributed by atoms with Crippen LogP contribution in [0.25, 0.3) is 0 Å². The van der Waals surface area contributed by atoms with E-state index in [1.165, 1.54) is 0 Å². The van der Waals surface area contributed by atoms with Crippen LogP contribution >= 0.6 is 0 Å². The lowest BCUT2D eigenvalue weighted by molar-refractivity contribution is -0.109. The van der Waals surface area contributed by atoms with Crippen LogP contribution in [0.1, 0.15) is 12.0 Å². The van der Waals surface area contributed by atoms with E-state index in [1.54, 1.807) is 7.11 Å². The first-order valence-electron chi connectivity index (χ1n) is 5.26. The lowest BCUT2D eigenvalue weighted by Crippen LogP contribution is -2.22. The number of ether oxygens (including phenoxy) is 1. The van der Waals surface area contributed by atoms with E-state index in [4.69, 9.17) is 10.5 Å². The largest absolute Gasteiger partial charge is 0.497 e. The van der Waals surface area contributed by atoms with Crippen LogP contribution in [0, 0.1) is 0 Å². The number of hydrogen-bond donors (Lipinski definition) is 2. The smallest absolute Gasteiger partial charge is 0.136 e. The molecule has 1 unspecified atom stereocenters. The molecule has 0 aliphatic carbocycles. The topological polar surface area (TPSA) is 64.3 Å². The van der Waals surface area contributed by atoms with Crippen LogP contribution in [0.15, 0.2) is 18.2 Å². The molecule has 0 aliphatic heterocycles. The number of anilines is 1. The number of hydrogen-bond acceptors (Lipinski definition) is 4. The van der Waals surface area contributed by atoms with Gasteiger partial charge in [-0.05, 0) is 24.5 Å². The fourth-order valence-electron chi connectivity index (χ4n) is 1.52. The van der Waals surface area contributed by atoms with Gasteiger partial charge in [-0.15, -0.1) is 0 Å². The molecule has 0 heterocycles. The summed E-state index contributed by atoms with van der Waals surface area (Å²) in [7, 11) is 3.49. The minimum absolute atomic E-state index is 0.383. The number of benzene rings is 1. The third kappa shape index (κ3) is 3.24. The average Bonchev–Trinajstić information content (AvgIpc) is 2.35. The minimum Gasteiger partial charge on any atom is -0.497 e. The molecule has 1 aromatic rings. The van der Waals surface area contributed by atoms with Gasteiger partial charge < -0.3 is 20.6 Å². The first kappa shape index (κ1) is 12.5. The first-order valence-corrected chi connectivity index (χ1v) is 5.26. The molecule has 0 radical (unpaired) electrons. The predicted molar refractivity (Wildman–Crippen MR) is 64.9 cm³/mol. The van der Waals surface area contributed by atoms with Gasteiger partial charge in [0.2, 0.25) is 0 Å². The summed E-state index contributed by atoms with van der Waals surface area (Å²) in [6.45, 7) is 0. The van der Waals surface area contributed by atoms with Crippen molar-refractivity contribution in [3.8, 4) is 5.75 Å². The van der Waals surface area contributed by atoms with Gasteiger partial charge in [0.25, 0.3) is 0 Å². The Labute approximate surface area is 95.8 Å². The molecule has 3 N–H and O–H groups in total. The lowest BCUT2D eigenvalue weighted by atomic mass is 10.0. The summed E-state index contributed by atoms with van der Waals surface area (Å²) >= 11 is 0. The third-order valence-corrected chi connectivity index (χ3v) is 2.51. The Morgan fingerprint density at radius 2 is 2.31 bits per heavy atom. The predicted octanol–water partition coefficient (Wildman–Crippen LogP) is 1.20. The molecule has 1 rings (SSSR count). The van der Waals surface area contributed by atoms with Crippen molar-refractivity contribution in [2.24, 2.45) is 5.73 Å². The Balaban J connectivity index is 2.75. The van der Waals surface area contributed by atoms with Crippen molar-refractivity contribution >= 4 is 12.0 Å². The highest BCUT2D eigenvalue weighted by Crippen LogP contribution is 2.23. The molecule has 1 atom stereocenters. The van der Waals surface area contributed by atoms with Crippen LogP contribution in [0.3, 0.4) is 0 Å². The number of carbonyl (C=O) groups is 1. The number of nitrogens with one attached hydrogen (secondary N) is 1. The number of rotatable bonds is 6. The molecule has 0 fully saturated rings. The molecule has 4 heteroatoms. The van der Waals surface area contributed by atoms with Crippen LogP contribution in [0.5, 0.6) is 5.75 Å². The zero-order chi connectivity index (χ0) is 12.0. The fraction of sp³-hybridized carbons (Fsp3) is 0.417. The van der Waals surface area contributed by atoms with Gasteiger partial charge in [-0.1, -0.05) is 6.07 Å².